The van der Waals surface area contributed by atoms with Crippen LogP contribution in [-0.4, -0.2) is 24.0 Å². The van der Waals surface area contributed by atoms with E-state index in [1.165, 1.54) is 45.2 Å². The van der Waals surface area contributed by atoms with Gasteiger partial charge in [-0.1, -0.05) is 18.9 Å². The predicted octanol–water partition coefficient (Wildman–Crippen LogP) is 2.86. The van der Waals surface area contributed by atoms with Crippen molar-refractivity contribution in [2.45, 2.75) is 51.0 Å². The Kier molecular flexibility index (Phi) is 3.80. The van der Waals surface area contributed by atoms with Crippen molar-refractivity contribution in [1.29, 1.82) is 5.26 Å². The Morgan fingerprint density at radius 1 is 1.20 bits per heavy atom. The summed E-state index contributed by atoms with van der Waals surface area (Å²) in [6.45, 7) is 2.56. The van der Waals surface area contributed by atoms with E-state index >= 15 is 0 Å². The lowest BCUT2D eigenvalue weighted by atomic mass is 9.94. The number of hydrogen-bond donors (Lipinski definition) is 0. The normalized spacial score (nSPS) is 29.0. The molecule has 0 saturated carbocycles. The zero-order valence-corrected chi connectivity index (χ0v) is 9.41. The summed E-state index contributed by atoms with van der Waals surface area (Å²) in [6, 6.07) is 3.00. The third-order valence-corrected chi connectivity index (χ3v) is 3.68. The molecule has 0 aromatic carbocycles. The molecule has 1 aliphatic heterocycles. The van der Waals surface area contributed by atoms with E-state index in [4.69, 9.17) is 5.26 Å². The second kappa shape index (κ2) is 5.32. The zero-order chi connectivity index (χ0) is 10.5. The van der Waals surface area contributed by atoms with Crippen molar-refractivity contribution in [3.8, 4) is 6.07 Å². The highest BCUT2D eigenvalue weighted by Crippen LogP contribution is 2.24. The quantitative estimate of drug-likeness (QED) is 0.656. The van der Waals surface area contributed by atoms with Crippen LogP contribution in [0.1, 0.15) is 44.9 Å². The van der Waals surface area contributed by atoms with E-state index in [-0.39, 0.29) is 0 Å². The van der Waals surface area contributed by atoms with E-state index in [1.54, 1.807) is 0 Å². The van der Waals surface area contributed by atoms with E-state index in [9.17, 15) is 0 Å². The van der Waals surface area contributed by atoms with Crippen molar-refractivity contribution in [3.63, 3.8) is 0 Å². The van der Waals surface area contributed by atoms with Crippen LogP contribution in [0.4, 0.5) is 0 Å². The topological polar surface area (TPSA) is 27.0 Å². The molecule has 1 unspecified atom stereocenters. The van der Waals surface area contributed by atoms with Crippen molar-refractivity contribution in [2.75, 3.05) is 13.1 Å². The van der Waals surface area contributed by atoms with Crippen LogP contribution in [0.5, 0.6) is 0 Å². The molecule has 2 rings (SSSR count). The molecule has 15 heavy (non-hydrogen) atoms. The molecule has 2 nitrogen and oxygen atoms in total. The number of hydrogen-bond acceptors (Lipinski definition) is 2. The summed E-state index contributed by atoms with van der Waals surface area (Å²) in [7, 11) is 0. The lowest BCUT2D eigenvalue weighted by molar-refractivity contribution is 0.190. The summed E-state index contributed by atoms with van der Waals surface area (Å²) >= 11 is 0. The molecule has 82 valence electrons. The summed E-state index contributed by atoms with van der Waals surface area (Å²) in [5, 5.41) is 8.80. The fraction of sp³-hybridized carbons (Fsp3) is 0.769. The molecule has 0 amide bonds. The first-order valence-corrected chi connectivity index (χ1v) is 6.23. The minimum atomic E-state index is 0.722. The predicted molar refractivity (Wildman–Crippen MR) is 61.4 cm³/mol. The Hall–Kier alpha value is -0.810. The van der Waals surface area contributed by atoms with E-state index < -0.39 is 0 Å². The monoisotopic (exact) mass is 204 g/mol. The first-order chi connectivity index (χ1) is 7.40. The Bertz CT molecular complexity index is 267. The van der Waals surface area contributed by atoms with Crippen LogP contribution in [0.25, 0.3) is 0 Å². The number of allylic oxidation sites excluding steroid dienone is 1. The lowest BCUT2D eigenvalue weighted by Crippen LogP contribution is -2.36. The number of rotatable bonds is 1. The van der Waals surface area contributed by atoms with Crippen LogP contribution >= 0.6 is 0 Å². The first kappa shape index (κ1) is 10.7. The van der Waals surface area contributed by atoms with Crippen molar-refractivity contribution < 1.29 is 0 Å². The zero-order valence-electron chi connectivity index (χ0n) is 9.41. The van der Waals surface area contributed by atoms with Gasteiger partial charge in [-0.25, -0.2) is 0 Å². The summed E-state index contributed by atoms with van der Waals surface area (Å²) < 4.78 is 0. The van der Waals surface area contributed by atoms with Crippen molar-refractivity contribution >= 4 is 0 Å². The smallest absolute Gasteiger partial charge is 0.0943 e. The molecule has 2 heteroatoms. The molecular formula is C13H20N2. The van der Waals surface area contributed by atoms with Gasteiger partial charge in [-0.05, 0) is 45.2 Å². The van der Waals surface area contributed by atoms with Crippen LogP contribution in [0.3, 0.4) is 0 Å². The second-order valence-electron chi connectivity index (χ2n) is 4.72. The van der Waals surface area contributed by atoms with Gasteiger partial charge in [0.25, 0.3) is 0 Å². The highest BCUT2D eigenvalue weighted by molar-refractivity contribution is 5.23. The molecule has 0 aromatic rings. The van der Waals surface area contributed by atoms with Crippen LogP contribution in [-0.2, 0) is 0 Å². The Labute approximate surface area is 92.6 Å². The van der Waals surface area contributed by atoms with Crippen LogP contribution in [0.2, 0.25) is 0 Å². The lowest BCUT2D eigenvalue weighted by Gasteiger charge is -2.32. The van der Waals surface area contributed by atoms with Crippen LogP contribution in [0, 0.1) is 11.3 Å². The Balaban J connectivity index is 1.89. The summed E-state index contributed by atoms with van der Waals surface area (Å²) in [5.74, 6) is 0. The van der Waals surface area contributed by atoms with Gasteiger partial charge in [-0.3, -0.25) is 0 Å². The summed E-state index contributed by atoms with van der Waals surface area (Å²) in [4.78, 5) is 2.65. The van der Waals surface area contributed by atoms with Gasteiger partial charge in [0, 0.05) is 11.6 Å². The highest BCUT2D eigenvalue weighted by Gasteiger charge is 2.21. The average Bonchev–Trinajstić information content (AvgIpc) is 2.58. The third kappa shape index (κ3) is 2.82. The molecule has 0 bridgehead atoms. The number of nitriles is 1. The molecule has 2 aliphatic rings. The van der Waals surface area contributed by atoms with E-state index in [0.29, 0.717) is 0 Å². The van der Waals surface area contributed by atoms with E-state index in [0.717, 1.165) is 24.5 Å². The minimum Gasteiger partial charge on any atom is -0.300 e. The molecule has 1 fully saturated rings. The first-order valence-electron chi connectivity index (χ1n) is 6.23. The summed E-state index contributed by atoms with van der Waals surface area (Å²) in [6.07, 6.45) is 11.0. The van der Waals surface area contributed by atoms with Crippen LogP contribution in [0.15, 0.2) is 11.6 Å². The third-order valence-electron chi connectivity index (χ3n) is 3.68. The average molecular weight is 204 g/mol. The van der Waals surface area contributed by atoms with Gasteiger partial charge in [-0.15, -0.1) is 0 Å². The van der Waals surface area contributed by atoms with Gasteiger partial charge >= 0.3 is 0 Å². The molecule has 0 aromatic heterocycles. The van der Waals surface area contributed by atoms with Gasteiger partial charge < -0.3 is 4.90 Å². The molecule has 1 atom stereocenters. The van der Waals surface area contributed by atoms with Crippen molar-refractivity contribution in [1.82, 2.24) is 4.90 Å². The molecular weight excluding hydrogens is 184 g/mol. The van der Waals surface area contributed by atoms with Gasteiger partial charge in [0.15, 0.2) is 0 Å². The maximum atomic E-state index is 8.80. The van der Waals surface area contributed by atoms with Gasteiger partial charge in [0.2, 0.25) is 0 Å². The molecule has 1 aliphatic carbocycles. The van der Waals surface area contributed by atoms with Crippen LogP contribution < -0.4 is 0 Å². The highest BCUT2D eigenvalue weighted by atomic mass is 15.1. The molecule has 1 saturated heterocycles. The van der Waals surface area contributed by atoms with Gasteiger partial charge in [0.05, 0.1) is 6.07 Å². The fourth-order valence-corrected chi connectivity index (χ4v) is 2.71. The number of nitrogens with zero attached hydrogens (tertiary/aromatic N) is 2. The Morgan fingerprint density at radius 2 is 1.93 bits per heavy atom. The van der Waals surface area contributed by atoms with E-state index in [1.807, 2.05) is 0 Å². The minimum absolute atomic E-state index is 0.722. The van der Waals surface area contributed by atoms with Crippen molar-refractivity contribution in [3.05, 3.63) is 11.6 Å². The Morgan fingerprint density at radius 3 is 2.47 bits per heavy atom. The van der Waals surface area contributed by atoms with Crippen molar-refractivity contribution in [2.24, 2.45) is 0 Å². The van der Waals surface area contributed by atoms with E-state index in [2.05, 4.69) is 17.0 Å². The molecule has 1 heterocycles. The molecule has 0 radical (unpaired) electrons. The standard InChI is InChI=1S/C13H20N2/c14-11-12-5-7-13(8-6-12)15-9-3-1-2-4-10-15/h5,13H,1-4,6-10H2. The SMILES string of the molecule is N#CC1=CCC(N2CCCCCC2)CC1. The summed E-state index contributed by atoms with van der Waals surface area (Å²) in [5.41, 5.74) is 1.00. The maximum absolute atomic E-state index is 8.80. The molecule has 0 spiro atoms. The maximum Gasteiger partial charge on any atom is 0.0943 e. The van der Waals surface area contributed by atoms with Gasteiger partial charge in [0.1, 0.15) is 0 Å². The fourth-order valence-electron chi connectivity index (χ4n) is 2.71. The number of likely N-dealkylation sites (tertiary alicyclic amines) is 1. The molecule has 0 N–H and O–H groups in total. The largest absolute Gasteiger partial charge is 0.300 e. The second-order valence-corrected chi connectivity index (χ2v) is 4.72. The van der Waals surface area contributed by atoms with Gasteiger partial charge in [-0.2, -0.15) is 5.26 Å².